The third-order valence-electron chi connectivity index (χ3n) is 2.22. The molecule has 8 heteroatoms. The molecular formula is C10H10FN5O2. The van der Waals surface area contributed by atoms with Crippen LogP contribution in [-0.4, -0.2) is 37.6 Å². The number of pyridine rings is 1. The van der Waals surface area contributed by atoms with Crippen molar-refractivity contribution in [1.82, 2.24) is 20.0 Å². The van der Waals surface area contributed by atoms with Crippen molar-refractivity contribution < 1.29 is 14.3 Å². The zero-order valence-electron chi connectivity index (χ0n) is 9.25. The van der Waals surface area contributed by atoms with Crippen LogP contribution >= 0.6 is 0 Å². The van der Waals surface area contributed by atoms with Gasteiger partial charge in [-0.2, -0.15) is 0 Å². The molecule has 2 heterocycles. The van der Waals surface area contributed by atoms with Crippen molar-refractivity contribution in [3.05, 3.63) is 36.0 Å². The first kappa shape index (κ1) is 12.0. The summed E-state index contributed by atoms with van der Waals surface area (Å²) in [7, 11) is 0. The number of halogens is 1. The number of hydrogen-bond donors (Lipinski definition) is 2. The summed E-state index contributed by atoms with van der Waals surface area (Å²) < 4.78 is 15.2. The minimum absolute atomic E-state index is 0.0879. The molecule has 0 aliphatic heterocycles. The molecule has 0 bridgehead atoms. The fourth-order valence-corrected chi connectivity index (χ4v) is 1.37. The second kappa shape index (κ2) is 5.21. The molecule has 0 spiro atoms. The first-order chi connectivity index (χ1) is 8.68. The van der Waals surface area contributed by atoms with Gasteiger partial charge in [0.1, 0.15) is 5.56 Å². The number of aromatic carboxylic acids is 1. The van der Waals surface area contributed by atoms with E-state index >= 15 is 0 Å². The number of anilines is 1. The minimum atomic E-state index is -1.32. The van der Waals surface area contributed by atoms with Crippen molar-refractivity contribution in [3.8, 4) is 0 Å². The minimum Gasteiger partial charge on any atom is -0.478 e. The highest BCUT2D eigenvalue weighted by Gasteiger charge is 2.14. The Kier molecular flexibility index (Phi) is 3.46. The zero-order valence-corrected chi connectivity index (χ0v) is 9.25. The third-order valence-corrected chi connectivity index (χ3v) is 2.22. The van der Waals surface area contributed by atoms with Gasteiger partial charge in [-0.1, -0.05) is 5.21 Å². The van der Waals surface area contributed by atoms with Gasteiger partial charge in [0.05, 0.1) is 12.7 Å². The van der Waals surface area contributed by atoms with Gasteiger partial charge in [-0.3, -0.25) is 4.68 Å². The molecule has 2 N–H and O–H groups in total. The van der Waals surface area contributed by atoms with E-state index < -0.39 is 17.3 Å². The molecule has 0 aliphatic rings. The molecule has 2 aromatic heterocycles. The second-order valence-electron chi connectivity index (χ2n) is 3.42. The van der Waals surface area contributed by atoms with Crippen molar-refractivity contribution in [2.24, 2.45) is 0 Å². The van der Waals surface area contributed by atoms with Crippen LogP contribution in [0, 0.1) is 5.82 Å². The van der Waals surface area contributed by atoms with Gasteiger partial charge in [0.25, 0.3) is 0 Å². The van der Waals surface area contributed by atoms with Crippen LogP contribution in [0.3, 0.4) is 0 Å². The Labute approximate surface area is 101 Å². The monoisotopic (exact) mass is 251 g/mol. The Morgan fingerprint density at radius 3 is 3.00 bits per heavy atom. The molecular weight excluding hydrogens is 241 g/mol. The number of rotatable bonds is 5. The van der Waals surface area contributed by atoms with Gasteiger partial charge in [0.2, 0.25) is 0 Å². The average molecular weight is 251 g/mol. The maximum absolute atomic E-state index is 13.6. The number of hydrogen-bond acceptors (Lipinski definition) is 5. The van der Waals surface area contributed by atoms with Crippen molar-refractivity contribution in [2.75, 3.05) is 11.9 Å². The smallest absolute Gasteiger partial charge is 0.338 e. The topological polar surface area (TPSA) is 92.9 Å². The highest BCUT2D eigenvalue weighted by molar-refractivity contribution is 5.88. The van der Waals surface area contributed by atoms with Crippen molar-refractivity contribution in [2.45, 2.75) is 6.54 Å². The van der Waals surface area contributed by atoms with Crippen LogP contribution in [0.25, 0.3) is 0 Å². The number of carboxylic acids is 1. The molecule has 2 aromatic rings. The molecule has 0 fully saturated rings. The molecule has 0 aromatic carbocycles. The van der Waals surface area contributed by atoms with Crippen LogP contribution in [0.2, 0.25) is 0 Å². The van der Waals surface area contributed by atoms with Crippen LogP contribution in [0.1, 0.15) is 10.4 Å². The number of nitrogens with one attached hydrogen (secondary N) is 1. The number of aromatic nitrogens is 4. The zero-order chi connectivity index (χ0) is 13.0. The molecule has 0 saturated carbocycles. The fraction of sp³-hybridized carbons (Fsp3) is 0.200. The van der Waals surface area contributed by atoms with Gasteiger partial charge in [-0.15, -0.1) is 5.10 Å². The molecule has 0 atom stereocenters. The first-order valence-corrected chi connectivity index (χ1v) is 5.14. The van der Waals surface area contributed by atoms with Crippen LogP contribution < -0.4 is 5.32 Å². The predicted molar refractivity (Wildman–Crippen MR) is 59.7 cm³/mol. The van der Waals surface area contributed by atoms with Crippen LogP contribution in [0.15, 0.2) is 24.7 Å². The fourth-order valence-electron chi connectivity index (χ4n) is 1.37. The van der Waals surface area contributed by atoms with E-state index in [0.29, 0.717) is 13.1 Å². The lowest BCUT2D eigenvalue weighted by Gasteiger charge is -2.07. The van der Waals surface area contributed by atoms with E-state index in [1.807, 2.05) is 0 Å². The summed E-state index contributed by atoms with van der Waals surface area (Å²) in [5.41, 5.74) is -0.409. The average Bonchev–Trinajstić information content (AvgIpc) is 2.84. The summed E-state index contributed by atoms with van der Waals surface area (Å²) in [6, 6.07) is 1.11. The Bertz CT molecular complexity index is 543. The standard InChI is InChI=1S/C10H10FN5O2/c11-8-7(10(17)18)1-2-12-9(8)13-3-5-16-6-4-14-15-16/h1-2,4,6H,3,5H2,(H,12,13)(H,17,18). The molecule has 18 heavy (non-hydrogen) atoms. The second-order valence-corrected chi connectivity index (χ2v) is 3.42. The molecule has 0 aliphatic carbocycles. The Morgan fingerprint density at radius 2 is 2.33 bits per heavy atom. The quantitative estimate of drug-likeness (QED) is 0.809. The normalized spacial score (nSPS) is 10.3. The van der Waals surface area contributed by atoms with E-state index in [9.17, 15) is 9.18 Å². The van der Waals surface area contributed by atoms with Crippen molar-refractivity contribution in [1.29, 1.82) is 0 Å². The van der Waals surface area contributed by atoms with E-state index in [0.717, 1.165) is 6.07 Å². The van der Waals surface area contributed by atoms with Gasteiger partial charge in [0.15, 0.2) is 11.6 Å². The van der Waals surface area contributed by atoms with Crippen LogP contribution in [-0.2, 0) is 6.54 Å². The molecule has 0 radical (unpaired) electrons. The van der Waals surface area contributed by atoms with E-state index in [1.54, 1.807) is 10.9 Å². The largest absolute Gasteiger partial charge is 0.478 e. The summed E-state index contributed by atoms with van der Waals surface area (Å²) in [5.74, 6) is -2.28. The number of nitrogens with zero attached hydrogens (tertiary/aromatic N) is 4. The lowest BCUT2D eigenvalue weighted by atomic mass is 10.2. The van der Waals surface area contributed by atoms with Gasteiger partial charge >= 0.3 is 5.97 Å². The molecule has 2 rings (SSSR count). The molecule has 0 unspecified atom stereocenters. The number of carbonyl (C=O) groups is 1. The lowest BCUT2D eigenvalue weighted by molar-refractivity contribution is 0.0692. The predicted octanol–water partition coefficient (Wildman–Crippen LogP) is 0.622. The lowest BCUT2D eigenvalue weighted by Crippen LogP contribution is -2.14. The summed E-state index contributed by atoms with van der Waals surface area (Å²) in [6.07, 6.45) is 4.44. The van der Waals surface area contributed by atoms with E-state index in [4.69, 9.17) is 5.11 Å². The third kappa shape index (κ3) is 2.59. The first-order valence-electron chi connectivity index (χ1n) is 5.14. The Balaban J connectivity index is 2.01. The van der Waals surface area contributed by atoms with Crippen LogP contribution in [0.5, 0.6) is 0 Å². The maximum atomic E-state index is 13.6. The van der Waals surface area contributed by atoms with Crippen molar-refractivity contribution in [3.63, 3.8) is 0 Å². The summed E-state index contributed by atoms with van der Waals surface area (Å²) >= 11 is 0. The molecule has 0 amide bonds. The molecule has 94 valence electrons. The van der Waals surface area contributed by atoms with Crippen molar-refractivity contribution >= 4 is 11.8 Å². The van der Waals surface area contributed by atoms with Gasteiger partial charge in [-0.25, -0.2) is 14.2 Å². The van der Waals surface area contributed by atoms with Gasteiger partial charge in [0, 0.05) is 18.9 Å². The molecule has 0 saturated heterocycles. The SMILES string of the molecule is O=C(O)c1ccnc(NCCn2ccnn2)c1F. The van der Waals surface area contributed by atoms with E-state index in [1.165, 1.54) is 12.4 Å². The highest BCUT2D eigenvalue weighted by Crippen LogP contribution is 2.14. The van der Waals surface area contributed by atoms with Gasteiger partial charge in [-0.05, 0) is 6.07 Å². The van der Waals surface area contributed by atoms with E-state index in [2.05, 4.69) is 20.6 Å². The summed E-state index contributed by atoms with van der Waals surface area (Å²) in [6.45, 7) is 0.828. The highest BCUT2D eigenvalue weighted by atomic mass is 19.1. The Morgan fingerprint density at radius 1 is 1.50 bits per heavy atom. The Hall–Kier alpha value is -2.51. The van der Waals surface area contributed by atoms with Gasteiger partial charge < -0.3 is 10.4 Å². The number of carboxylic acid groups (broad SMARTS) is 1. The van der Waals surface area contributed by atoms with Crippen LogP contribution in [0.4, 0.5) is 10.2 Å². The van der Waals surface area contributed by atoms with E-state index in [-0.39, 0.29) is 5.82 Å². The molecule has 7 nitrogen and oxygen atoms in total. The summed E-state index contributed by atoms with van der Waals surface area (Å²) in [5, 5.41) is 18.8. The summed E-state index contributed by atoms with van der Waals surface area (Å²) in [4.78, 5) is 14.5. The maximum Gasteiger partial charge on any atom is 0.338 e.